The van der Waals surface area contributed by atoms with Crippen LogP contribution in [0.3, 0.4) is 0 Å². The van der Waals surface area contributed by atoms with Crippen molar-refractivity contribution < 1.29 is 29.0 Å². The highest BCUT2D eigenvalue weighted by molar-refractivity contribution is 5.92. The molecular formula is C25H38N4O6. The number of carbonyl (C=O) groups excluding carboxylic acids is 4. The van der Waals surface area contributed by atoms with E-state index in [1.54, 1.807) is 53.7 Å². The van der Waals surface area contributed by atoms with Crippen LogP contribution in [0.1, 0.15) is 66.0 Å². The van der Waals surface area contributed by atoms with Gasteiger partial charge in [-0.05, 0) is 65.7 Å². The van der Waals surface area contributed by atoms with E-state index in [0.717, 1.165) is 0 Å². The van der Waals surface area contributed by atoms with E-state index in [1.165, 1.54) is 23.1 Å². The van der Waals surface area contributed by atoms with Crippen molar-refractivity contribution >= 4 is 23.8 Å². The Morgan fingerprint density at radius 1 is 1.17 bits per heavy atom. The van der Waals surface area contributed by atoms with Crippen LogP contribution >= 0.6 is 0 Å². The molecular weight excluding hydrogens is 452 g/mol. The summed E-state index contributed by atoms with van der Waals surface area (Å²) < 4.78 is 5.27. The highest BCUT2D eigenvalue weighted by Gasteiger charge is 2.37. The van der Waals surface area contributed by atoms with Crippen molar-refractivity contribution in [2.45, 2.75) is 77.6 Å². The summed E-state index contributed by atoms with van der Waals surface area (Å²) in [5.74, 6) is -1.88. The summed E-state index contributed by atoms with van der Waals surface area (Å²) in [7, 11) is 0. The first kappa shape index (κ1) is 29.5. The highest BCUT2D eigenvalue weighted by atomic mass is 16.6. The minimum absolute atomic E-state index is 0.0558. The van der Waals surface area contributed by atoms with Crippen LogP contribution in [0.5, 0.6) is 5.75 Å². The molecule has 0 spiro atoms. The first-order valence-electron chi connectivity index (χ1n) is 11.3. The highest BCUT2D eigenvalue weighted by Crippen LogP contribution is 2.26. The van der Waals surface area contributed by atoms with Gasteiger partial charge in [-0.25, -0.2) is 4.79 Å². The first-order chi connectivity index (χ1) is 16.0. The topological polar surface area (TPSA) is 151 Å². The average molecular weight is 491 g/mol. The third kappa shape index (κ3) is 10.5. The summed E-state index contributed by atoms with van der Waals surface area (Å²) in [4.78, 5) is 52.2. The Morgan fingerprint density at radius 2 is 1.80 bits per heavy atom. The van der Waals surface area contributed by atoms with Crippen LogP contribution in [-0.4, -0.2) is 57.5 Å². The van der Waals surface area contributed by atoms with Crippen LogP contribution < -0.4 is 16.4 Å². The fraction of sp³-hybridized carbons (Fsp3) is 0.520. The van der Waals surface area contributed by atoms with E-state index < -0.39 is 47.0 Å². The molecule has 1 aromatic carbocycles. The monoisotopic (exact) mass is 490 g/mol. The van der Waals surface area contributed by atoms with E-state index >= 15 is 0 Å². The molecule has 0 heterocycles. The summed E-state index contributed by atoms with van der Waals surface area (Å²) in [5, 5.41) is 15.4. The predicted octanol–water partition coefficient (Wildman–Crippen LogP) is 2.52. The molecule has 0 fully saturated rings. The Kier molecular flexibility index (Phi) is 10.3. The van der Waals surface area contributed by atoms with Gasteiger partial charge in [0.1, 0.15) is 23.4 Å². The van der Waals surface area contributed by atoms with E-state index in [-0.39, 0.29) is 25.1 Å². The predicted molar refractivity (Wildman–Crippen MR) is 132 cm³/mol. The molecule has 5 N–H and O–H groups in total. The molecule has 0 aliphatic carbocycles. The molecule has 194 valence electrons. The first-order valence-corrected chi connectivity index (χ1v) is 11.3. The maximum atomic E-state index is 13.7. The standard InChI is InChI=1S/C25H38N4O6/c1-8-14-29(20(21(32)28-24(2,3)4)16-10-9-11-17(30)15-16)22(33)18(12-13-19(26)31)27-23(34)35-25(5,6)7/h8-11,15,18,20,30H,1,12-14H2,2-7H3,(H2,26,31)(H,27,34)(H,28,32). The van der Waals surface area contributed by atoms with Gasteiger partial charge in [0.2, 0.25) is 17.7 Å². The van der Waals surface area contributed by atoms with Crippen molar-refractivity contribution in [3.8, 4) is 5.75 Å². The SMILES string of the molecule is C=CCN(C(=O)C(CCC(N)=O)NC(=O)OC(C)(C)C)C(C(=O)NC(C)(C)C)c1cccc(O)c1. The Balaban J connectivity index is 3.47. The number of hydrogen-bond acceptors (Lipinski definition) is 6. The molecule has 0 radical (unpaired) electrons. The number of nitrogens with one attached hydrogen (secondary N) is 2. The van der Waals surface area contributed by atoms with Gasteiger partial charge in [0.15, 0.2) is 0 Å². The average Bonchev–Trinajstić information content (AvgIpc) is 2.67. The maximum absolute atomic E-state index is 13.7. The second-order valence-electron chi connectivity index (χ2n) is 10.2. The quantitative estimate of drug-likeness (QED) is 0.370. The lowest BCUT2D eigenvalue weighted by Gasteiger charge is -2.35. The molecule has 2 atom stereocenters. The number of primary amides is 1. The van der Waals surface area contributed by atoms with E-state index in [2.05, 4.69) is 17.2 Å². The van der Waals surface area contributed by atoms with Gasteiger partial charge in [0.25, 0.3) is 0 Å². The van der Waals surface area contributed by atoms with Crippen molar-refractivity contribution in [3.63, 3.8) is 0 Å². The smallest absolute Gasteiger partial charge is 0.408 e. The summed E-state index contributed by atoms with van der Waals surface area (Å²) in [5.41, 5.74) is 4.20. The Morgan fingerprint density at radius 3 is 2.29 bits per heavy atom. The summed E-state index contributed by atoms with van der Waals surface area (Å²) >= 11 is 0. The lowest BCUT2D eigenvalue weighted by Crippen LogP contribution is -2.54. The molecule has 10 heteroatoms. The maximum Gasteiger partial charge on any atom is 0.408 e. The van der Waals surface area contributed by atoms with Gasteiger partial charge < -0.3 is 31.1 Å². The number of rotatable bonds is 10. The van der Waals surface area contributed by atoms with Gasteiger partial charge in [-0.1, -0.05) is 18.2 Å². The second kappa shape index (κ2) is 12.2. The van der Waals surface area contributed by atoms with Gasteiger partial charge in [0, 0.05) is 18.5 Å². The normalized spacial score (nSPS) is 13.2. The number of amides is 4. The summed E-state index contributed by atoms with van der Waals surface area (Å²) in [6.07, 6.45) is 0.303. The third-order valence-corrected chi connectivity index (χ3v) is 4.52. The molecule has 1 rings (SSSR count). The molecule has 4 amide bonds. The van der Waals surface area contributed by atoms with Crippen molar-refractivity contribution in [2.24, 2.45) is 5.73 Å². The number of phenols is 1. The van der Waals surface area contributed by atoms with Gasteiger partial charge >= 0.3 is 6.09 Å². The fourth-order valence-electron chi connectivity index (χ4n) is 3.26. The van der Waals surface area contributed by atoms with Crippen LogP contribution in [-0.2, 0) is 19.1 Å². The lowest BCUT2D eigenvalue weighted by molar-refractivity contribution is -0.142. The number of benzene rings is 1. The molecule has 0 saturated heterocycles. The number of ether oxygens (including phenoxy) is 1. The molecule has 1 aromatic rings. The molecule has 0 aliphatic heterocycles. The number of carbonyl (C=O) groups is 4. The van der Waals surface area contributed by atoms with Crippen LogP contribution in [0.15, 0.2) is 36.9 Å². The van der Waals surface area contributed by atoms with Crippen molar-refractivity contribution in [2.75, 3.05) is 6.54 Å². The molecule has 35 heavy (non-hydrogen) atoms. The van der Waals surface area contributed by atoms with Crippen molar-refractivity contribution in [3.05, 3.63) is 42.5 Å². The van der Waals surface area contributed by atoms with Crippen LogP contribution in [0, 0.1) is 0 Å². The Hall–Kier alpha value is -3.56. The van der Waals surface area contributed by atoms with Crippen LogP contribution in [0.2, 0.25) is 0 Å². The van der Waals surface area contributed by atoms with Crippen LogP contribution in [0.4, 0.5) is 4.79 Å². The minimum Gasteiger partial charge on any atom is -0.508 e. The second-order valence-corrected chi connectivity index (χ2v) is 10.2. The van der Waals surface area contributed by atoms with Gasteiger partial charge in [-0.15, -0.1) is 6.58 Å². The minimum atomic E-state index is -1.21. The van der Waals surface area contributed by atoms with E-state index in [4.69, 9.17) is 10.5 Å². The fourth-order valence-corrected chi connectivity index (χ4v) is 3.26. The van der Waals surface area contributed by atoms with Crippen molar-refractivity contribution in [1.29, 1.82) is 0 Å². The molecule has 10 nitrogen and oxygen atoms in total. The van der Waals surface area contributed by atoms with Gasteiger partial charge in [-0.2, -0.15) is 0 Å². The number of phenolic OH excluding ortho intramolecular Hbond substituents is 1. The largest absolute Gasteiger partial charge is 0.508 e. The van der Waals surface area contributed by atoms with E-state index in [0.29, 0.717) is 5.56 Å². The van der Waals surface area contributed by atoms with Gasteiger partial charge in [-0.3, -0.25) is 14.4 Å². The third-order valence-electron chi connectivity index (χ3n) is 4.52. The molecule has 0 aromatic heterocycles. The van der Waals surface area contributed by atoms with Gasteiger partial charge in [0.05, 0.1) is 0 Å². The Bertz CT molecular complexity index is 933. The molecule has 0 bridgehead atoms. The van der Waals surface area contributed by atoms with Crippen LogP contribution in [0.25, 0.3) is 0 Å². The number of aromatic hydroxyl groups is 1. The summed E-state index contributed by atoms with van der Waals surface area (Å²) in [6.45, 7) is 14.0. The number of nitrogens with two attached hydrogens (primary N) is 1. The zero-order valence-corrected chi connectivity index (χ0v) is 21.4. The van der Waals surface area contributed by atoms with E-state index in [9.17, 15) is 24.3 Å². The Labute approximate surface area is 206 Å². The summed E-state index contributed by atoms with van der Waals surface area (Å²) in [6, 6.07) is 3.62. The zero-order chi connectivity index (χ0) is 27.0. The molecule has 0 saturated carbocycles. The lowest BCUT2D eigenvalue weighted by atomic mass is 9.99. The molecule has 2 unspecified atom stereocenters. The number of alkyl carbamates (subject to hydrolysis) is 1. The number of nitrogens with zero attached hydrogens (tertiary/aromatic N) is 1. The zero-order valence-electron chi connectivity index (χ0n) is 21.4. The van der Waals surface area contributed by atoms with E-state index in [1.807, 2.05) is 0 Å². The van der Waals surface area contributed by atoms with Crippen molar-refractivity contribution in [1.82, 2.24) is 15.5 Å². The molecule has 0 aliphatic rings. The number of hydrogen-bond donors (Lipinski definition) is 4.